The molecule has 7 nitrogen and oxygen atoms in total. The van der Waals surface area contributed by atoms with Gasteiger partial charge in [-0.3, -0.25) is 10.1 Å². The van der Waals surface area contributed by atoms with Gasteiger partial charge in [0, 0.05) is 32.7 Å². The summed E-state index contributed by atoms with van der Waals surface area (Å²) in [4.78, 5) is 17.5. The number of hydrogen-bond donors (Lipinski definition) is 1. The molecule has 1 N–H and O–H groups in total. The van der Waals surface area contributed by atoms with E-state index >= 15 is 0 Å². The maximum Gasteiger partial charge on any atom is 0.317 e. The number of imidazole rings is 1. The molecule has 2 heterocycles. The van der Waals surface area contributed by atoms with Crippen molar-refractivity contribution >= 4 is 45.9 Å². The predicted octanol–water partition coefficient (Wildman–Crippen LogP) is 2.68. The highest BCUT2D eigenvalue weighted by Crippen LogP contribution is 2.40. The van der Waals surface area contributed by atoms with Crippen molar-refractivity contribution in [2.75, 3.05) is 31.1 Å². The molecule has 1 aromatic heterocycles. The minimum atomic E-state index is -0.523. The Morgan fingerprint density at radius 2 is 2.09 bits per heavy atom. The fourth-order valence-electron chi connectivity index (χ4n) is 2.76. The van der Waals surface area contributed by atoms with Gasteiger partial charge in [0.25, 0.3) is 0 Å². The SMILES string of the molecule is CCn1c(N2CCNCC2)nc2c([N+](=O)[O-])c(Cl)c(Cl)cc21. The van der Waals surface area contributed by atoms with Gasteiger partial charge in [0.05, 0.1) is 15.5 Å². The molecule has 118 valence electrons. The van der Waals surface area contributed by atoms with E-state index in [-0.39, 0.29) is 21.2 Å². The minimum Gasteiger partial charge on any atom is -0.340 e. The van der Waals surface area contributed by atoms with Gasteiger partial charge in [0.15, 0.2) is 5.52 Å². The standard InChI is InChI=1S/C13H15Cl2N5O2/c1-2-19-9-7-8(14)10(15)12(20(21)22)11(9)17-13(19)18-5-3-16-4-6-18/h7,16H,2-6H2,1H3. The zero-order valence-corrected chi connectivity index (χ0v) is 13.5. The Morgan fingerprint density at radius 1 is 1.41 bits per heavy atom. The van der Waals surface area contributed by atoms with Gasteiger partial charge in [-0.15, -0.1) is 0 Å². The van der Waals surface area contributed by atoms with E-state index in [2.05, 4.69) is 15.2 Å². The first-order valence-corrected chi connectivity index (χ1v) is 7.78. The summed E-state index contributed by atoms with van der Waals surface area (Å²) < 4.78 is 1.94. The molecule has 1 saturated heterocycles. The van der Waals surface area contributed by atoms with Gasteiger partial charge in [-0.05, 0) is 13.0 Å². The summed E-state index contributed by atoms with van der Waals surface area (Å²) in [6.07, 6.45) is 0. The van der Waals surface area contributed by atoms with E-state index in [1.165, 1.54) is 0 Å². The number of aromatic nitrogens is 2. The number of nitrogens with one attached hydrogen (secondary N) is 1. The van der Waals surface area contributed by atoms with E-state index in [0.717, 1.165) is 32.1 Å². The third kappa shape index (κ3) is 2.39. The van der Waals surface area contributed by atoms with Crippen LogP contribution < -0.4 is 10.2 Å². The maximum atomic E-state index is 11.4. The Bertz CT molecular complexity index is 740. The normalized spacial score (nSPS) is 15.5. The first-order chi connectivity index (χ1) is 10.5. The Hall–Kier alpha value is -1.57. The Kier molecular flexibility index (Phi) is 4.12. The summed E-state index contributed by atoms with van der Waals surface area (Å²) in [7, 11) is 0. The van der Waals surface area contributed by atoms with E-state index in [1.54, 1.807) is 6.07 Å². The van der Waals surface area contributed by atoms with Gasteiger partial charge in [-0.25, -0.2) is 4.98 Å². The fourth-order valence-corrected chi connectivity index (χ4v) is 3.16. The van der Waals surface area contributed by atoms with Gasteiger partial charge in [0.2, 0.25) is 5.95 Å². The van der Waals surface area contributed by atoms with Crippen LogP contribution >= 0.6 is 23.2 Å². The fraction of sp³-hybridized carbons (Fsp3) is 0.462. The third-order valence-corrected chi connectivity index (χ3v) is 4.57. The van der Waals surface area contributed by atoms with Gasteiger partial charge in [-0.1, -0.05) is 23.2 Å². The first kappa shape index (κ1) is 15.3. The van der Waals surface area contributed by atoms with Crippen molar-refractivity contribution in [3.05, 3.63) is 26.2 Å². The molecule has 3 rings (SSSR count). The smallest absolute Gasteiger partial charge is 0.317 e. The predicted molar refractivity (Wildman–Crippen MR) is 87.2 cm³/mol. The largest absolute Gasteiger partial charge is 0.340 e. The number of nitrogens with zero attached hydrogens (tertiary/aromatic N) is 4. The molecule has 1 aromatic carbocycles. The molecule has 0 spiro atoms. The van der Waals surface area contributed by atoms with Crippen LogP contribution in [0, 0.1) is 10.1 Å². The highest BCUT2D eigenvalue weighted by Gasteiger charge is 2.27. The van der Waals surface area contributed by atoms with Crippen LogP contribution in [0.5, 0.6) is 0 Å². The average Bonchev–Trinajstić information content (AvgIpc) is 2.86. The molecule has 1 aliphatic rings. The van der Waals surface area contributed by atoms with Crippen LogP contribution in [0.1, 0.15) is 6.92 Å². The van der Waals surface area contributed by atoms with E-state index in [0.29, 0.717) is 12.1 Å². The lowest BCUT2D eigenvalue weighted by Gasteiger charge is -2.28. The number of nitro groups is 1. The highest BCUT2D eigenvalue weighted by molar-refractivity contribution is 6.44. The molecule has 2 aromatic rings. The number of benzene rings is 1. The minimum absolute atomic E-state index is 0.0632. The van der Waals surface area contributed by atoms with Crippen LogP contribution in [0.3, 0.4) is 0 Å². The van der Waals surface area contributed by atoms with Crippen LogP contribution in [0.2, 0.25) is 10.0 Å². The summed E-state index contributed by atoms with van der Waals surface area (Å²) in [5.41, 5.74) is 0.694. The van der Waals surface area contributed by atoms with Gasteiger partial charge in [0.1, 0.15) is 5.02 Å². The van der Waals surface area contributed by atoms with Crippen LogP contribution in [0.4, 0.5) is 11.6 Å². The second-order valence-electron chi connectivity index (χ2n) is 5.04. The van der Waals surface area contributed by atoms with Crippen molar-refractivity contribution in [3.8, 4) is 0 Å². The molecular weight excluding hydrogens is 329 g/mol. The highest BCUT2D eigenvalue weighted by atomic mass is 35.5. The summed E-state index contributed by atoms with van der Waals surface area (Å²) >= 11 is 12.1. The molecule has 0 atom stereocenters. The van der Waals surface area contributed by atoms with E-state index < -0.39 is 4.92 Å². The third-order valence-electron chi connectivity index (χ3n) is 3.79. The number of anilines is 1. The molecule has 0 bridgehead atoms. The Morgan fingerprint density at radius 3 is 2.68 bits per heavy atom. The topological polar surface area (TPSA) is 76.2 Å². The van der Waals surface area contributed by atoms with Gasteiger partial charge >= 0.3 is 5.69 Å². The summed E-state index contributed by atoms with van der Waals surface area (Å²) in [5.74, 6) is 0.723. The Labute approximate surface area is 137 Å². The first-order valence-electron chi connectivity index (χ1n) is 7.03. The summed E-state index contributed by atoms with van der Waals surface area (Å²) in [6, 6.07) is 1.65. The molecule has 9 heteroatoms. The van der Waals surface area contributed by atoms with Gasteiger partial charge in [-0.2, -0.15) is 0 Å². The van der Waals surface area contributed by atoms with Crippen molar-refractivity contribution < 1.29 is 4.92 Å². The number of fused-ring (bicyclic) bond motifs is 1. The van der Waals surface area contributed by atoms with Crippen molar-refractivity contribution in [2.24, 2.45) is 0 Å². The monoisotopic (exact) mass is 343 g/mol. The molecule has 1 fully saturated rings. The molecule has 1 aliphatic heterocycles. The quantitative estimate of drug-likeness (QED) is 0.684. The number of piperazine rings is 1. The molecule has 22 heavy (non-hydrogen) atoms. The van der Waals surface area contributed by atoms with Crippen molar-refractivity contribution in [3.63, 3.8) is 0 Å². The van der Waals surface area contributed by atoms with E-state index in [9.17, 15) is 10.1 Å². The lowest BCUT2D eigenvalue weighted by Crippen LogP contribution is -2.44. The van der Waals surface area contributed by atoms with Crippen molar-refractivity contribution in [1.82, 2.24) is 14.9 Å². The molecule has 0 aliphatic carbocycles. The molecule has 0 unspecified atom stereocenters. The van der Waals surface area contributed by atoms with Gasteiger partial charge < -0.3 is 14.8 Å². The molecular formula is C13H15Cl2N5O2. The number of aryl methyl sites for hydroxylation is 1. The second-order valence-corrected chi connectivity index (χ2v) is 5.82. The number of halogens is 2. The number of hydrogen-bond acceptors (Lipinski definition) is 5. The average molecular weight is 344 g/mol. The number of rotatable bonds is 3. The Balaban J connectivity index is 2.26. The van der Waals surface area contributed by atoms with E-state index in [1.807, 2.05) is 11.5 Å². The van der Waals surface area contributed by atoms with Crippen LogP contribution in [-0.2, 0) is 6.54 Å². The summed E-state index contributed by atoms with van der Waals surface area (Å²) in [5, 5.41) is 14.7. The second kappa shape index (κ2) is 5.91. The molecule has 0 amide bonds. The zero-order chi connectivity index (χ0) is 15.9. The molecule has 0 radical (unpaired) electrons. The van der Waals surface area contributed by atoms with Crippen LogP contribution in [-0.4, -0.2) is 40.7 Å². The lowest BCUT2D eigenvalue weighted by molar-refractivity contribution is -0.383. The van der Waals surface area contributed by atoms with Crippen LogP contribution in [0.25, 0.3) is 11.0 Å². The van der Waals surface area contributed by atoms with Crippen molar-refractivity contribution in [1.29, 1.82) is 0 Å². The van der Waals surface area contributed by atoms with Crippen molar-refractivity contribution in [2.45, 2.75) is 13.5 Å². The number of nitro benzene ring substituents is 1. The lowest BCUT2D eigenvalue weighted by atomic mass is 10.2. The molecule has 0 saturated carbocycles. The summed E-state index contributed by atoms with van der Waals surface area (Å²) in [6.45, 7) is 5.94. The zero-order valence-electron chi connectivity index (χ0n) is 12.0. The maximum absolute atomic E-state index is 11.4. The van der Waals surface area contributed by atoms with E-state index in [4.69, 9.17) is 23.2 Å². The van der Waals surface area contributed by atoms with Crippen LogP contribution in [0.15, 0.2) is 6.07 Å².